The molecule has 6 heteroatoms. The summed E-state index contributed by atoms with van der Waals surface area (Å²) in [5, 5.41) is 7.36. The molecule has 0 fully saturated rings. The van der Waals surface area contributed by atoms with Crippen molar-refractivity contribution in [2.75, 3.05) is 0 Å². The summed E-state index contributed by atoms with van der Waals surface area (Å²) in [7, 11) is -3.81. The van der Waals surface area contributed by atoms with Crippen molar-refractivity contribution < 1.29 is 18.3 Å². The third-order valence-corrected chi connectivity index (χ3v) is 5.29. The van der Waals surface area contributed by atoms with Gasteiger partial charge in [-0.25, -0.2) is 13.1 Å². The van der Waals surface area contributed by atoms with E-state index in [-0.39, 0.29) is 6.04 Å². The fourth-order valence-corrected chi connectivity index (χ4v) is 3.40. The Balaban J connectivity index is 2.09. The summed E-state index contributed by atoms with van der Waals surface area (Å²) in [5.41, 5.74) is 2.37. The number of aliphatic carboxylic acids is 1. The van der Waals surface area contributed by atoms with Gasteiger partial charge < -0.3 is 5.11 Å². The molecular weight excluding hydrogens is 266 g/mol. The van der Waals surface area contributed by atoms with Crippen molar-refractivity contribution in [2.45, 2.75) is 37.5 Å². The van der Waals surface area contributed by atoms with Gasteiger partial charge in [0.25, 0.3) is 0 Å². The van der Waals surface area contributed by atoms with Crippen LogP contribution < -0.4 is 4.72 Å². The minimum absolute atomic E-state index is 0.221. The first kappa shape index (κ1) is 14.0. The molecule has 5 nitrogen and oxygen atoms in total. The number of carbonyl (C=O) groups is 1. The van der Waals surface area contributed by atoms with Crippen molar-refractivity contribution in [1.82, 2.24) is 4.72 Å². The highest BCUT2D eigenvalue weighted by Gasteiger charge is 2.31. The van der Waals surface area contributed by atoms with Crippen molar-refractivity contribution >= 4 is 16.0 Å². The zero-order valence-corrected chi connectivity index (χ0v) is 11.5. The monoisotopic (exact) mass is 283 g/mol. The van der Waals surface area contributed by atoms with Gasteiger partial charge in [0.05, 0.1) is 0 Å². The first-order chi connectivity index (χ1) is 8.90. The Morgan fingerprint density at radius 1 is 1.37 bits per heavy atom. The predicted molar refractivity (Wildman–Crippen MR) is 71.4 cm³/mol. The molecule has 19 heavy (non-hydrogen) atoms. The maximum Gasteiger partial charge on any atom is 0.323 e. The second kappa shape index (κ2) is 5.30. The van der Waals surface area contributed by atoms with Gasteiger partial charge in [-0.15, -0.1) is 0 Å². The Labute approximate surface area is 112 Å². The van der Waals surface area contributed by atoms with Gasteiger partial charge in [-0.2, -0.15) is 0 Å². The largest absolute Gasteiger partial charge is 0.480 e. The van der Waals surface area contributed by atoms with E-state index in [0.29, 0.717) is 12.8 Å². The number of aryl methyl sites for hydroxylation is 1. The Morgan fingerprint density at radius 2 is 2.00 bits per heavy atom. The highest BCUT2D eigenvalue weighted by Crippen LogP contribution is 2.21. The van der Waals surface area contributed by atoms with Crippen LogP contribution in [-0.2, 0) is 27.7 Å². The normalized spacial score (nSPS) is 20.6. The fourth-order valence-electron chi connectivity index (χ4n) is 2.27. The summed E-state index contributed by atoms with van der Waals surface area (Å²) in [6.45, 7) is 1.18. The van der Waals surface area contributed by atoms with Crippen LogP contribution in [0.2, 0.25) is 0 Å². The molecule has 0 aromatic heterocycles. The van der Waals surface area contributed by atoms with Crippen molar-refractivity contribution in [3.8, 4) is 0 Å². The van der Waals surface area contributed by atoms with E-state index < -0.39 is 21.2 Å². The molecule has 0 heterocycles. The molecule has 0 aliphatic heterocycles. The van der Waals surface area contributed by atoms with Crippen LogP contribution in [0.15, 0.2) is 24.3 Å². The van der Waals surface area contributed by atoms with E-state index in [9.17, 15) is 13.2 Å². The molecule has 1 aliphatic carbocycles. The summed E-state index contributed by atoms with van der Waals surface area (Å²) in [6, 6.07) is 7.70. The molecule has 2 rings (SSSR count). The Bertz CT molecular complexity index is 582. The third kappa shape index (κ3) is 3.13. The molecule has 0 spiro atoms. The average molecular weight is 283 g/mol. The van der Waals surface area contributed by atoms with Crippen LogP contribution in [0.4, 0.5) is 0 Å². The SMILES string of the molecule is CC(C(=O)O)S(=O)(=O)NC1CCc2ccccc2C1. The van der Waals surface area contributed by atoms with Crippen molar-refractivity contribution in [3.63, 3.8) is 0 Å². The van der Waals surface area contributed by atoms with E-state index in [1.165, 1.54) is 12.5 Å². The van der Waals surface area contributed by atoms with Crippen molar-refractivity contribution in [3.05, 3.63) is 35.4 Å². The third-order valence-electron chi connectivity index (χ3n) is 3.49. The van der Waals surface area contributed by atoms with Crippen molar-refractivity contribution in [1.29, 1.82) is 0 Å². The molecule has 0 saturated carbocycles. The molecular formula is C13H17NO4S. The maximum absolute atomic E-state index is 11.9. The zero-order valence-electron chi connectivity index (χ0n) is 10.7. The van der Waals surface area contributed by atoms with Gasteiger partial charge in [-0.1, -0.05) is 24.3 Å². The standard InChI is InChI=1S/C13H17NO4S/c1-9(13(15)16)19(17,18)14-12-7-6-10-4-2-3-5-11(10)8-12/h2-5,9,12,14H,6-8H2,1H3,(H,15,16). The van der Waals surface area contributed by atoms with Gasteiger partial charge in [-0.05, 0) is 37.3 Å². The van der Waals surface area contributed by atoms with E-state index in [2.05, 4.69) is 4.72 Å². The first-order valence-electron chi connectivity index (χ1n) is 6.21. The number of benzene rings is 1. The Morgan fingerprint density at radius 3 is 2.63 bits per heavy atom. The molecule has 2 unspecified atom stereocenters. The predicted octanol–water partition coefficient (Wildman–Crippen LogP) is 0.936. The van der Waals surface area contributed by atoms with Crippen LogP contribution in [0.25, 0.3) is 0 Å². The first-order valence-corrected chi connectivity index (χ1v) is 7.75. The van der Waals surface area contributed by atoms with Crippen LogP contribution >= 0.6 is 0 Å². The number of hydrogen-bond donors (Lipinski definition) is 2. The van der Waals surface area contributed by atoms with Crippen molar-refractivity contribution in [2.24, 2.45) is 0 Å². The zero-order chi connectivity index (χ0) is 14.0. The summed E-state index contributed by atoms with van der Waals surface area (Å²) >= 11 is 0. The number of carboxylic acid groups (broad SMARTS) is 1. The van der Waals surface area contributed by atoms with Crippen LogP contribution in [0, 0.1) is 0 Å². The Hall–Kier alpha value is -1.40. The quantitative estimate of drug-likeness (QED) is 0.861. The molecule has 1 aromatic carbocycles. The molecule has 104 valence electrons. The number of carboxylic acids is 1. The molecule has 0 amide bonds. The lowest BCUT2D eigenvalue weighted by atomic mass is 9.89. The molecule has 1 aliphatic rings. The van der Waals surface area contributed by atoms with Gasteiger partial charge >= 0.3 is 5.97 Å². The molecule has 1 aromatic rings. The molecule has 0 saturated heterocycles. The highest BCUT2D eigenvalue weighted by atomic mass is 32.2. The second-order valence-corrected chi connectivity index (χ2v) is 6.88. The number of nitrogens with one attached hydrogen (secondary N) is 1. The van der Waals surface area contributed by atoms with E-state index in [4.69, 9.17) is 5.11 Å². The van der Waals surface area contributed by atoms with Gasteiger partial charge in [-0.3, -0.25) is 4.79 Å². The topological polar surface area (TPSA) is 83.5 Å². The number of rotatable bonds is 4. The summed E-state index contributed by atoms with van der Waals surface area (Å²) < 4.78 is 26.2. The van der Waals surface area contributed by atoms with Crippen LogP contribution in [0.1, 0.15) is 24.5 Å². The summed E-state index contributed by atoms with van der Waals surface area (Å²) in [4.78, 5) is 10.8. The van der Waals surface area contributed by atoms with Gasteiger partial charge in [0, 0.05) is 6.04 Å². The van der Waals surface area contributed by atoms with E-state index >= 15 is 0 Å². The second-order valence-electron chi connectivity index (χ2n) is 4.85. The smallest absolute Gasteiger partial charge is 0.323 e. The van der Waals surface area contributed by atoms with E-state index in [1.807, 2.05) is 24.3 Å². The number of hydrogen-bond acceptors (Lipinski definition) is 3. The average Bonchev–Trinajstić information content (AvgIpc) is 2.37. The molecule has 0 radical (unpaired) electrons. The van der Waals surface area contributed by atoms with Crippen LogP contribution in [-0.4, -0.2) is 30.8 Å². The fraction of sp³-hybridized carbons (Fsp3) is 0.462. The minimum atomic E-state index is -3.81. The lowest BCUT2D eigenvalue weighted by Gasteiger charge is -2.26. The van der Waals surface area contributed by atoms with Crippen LogP contribution in [0.5, 0.6) is 0 Å². The molecule has 2 N–H and O–H groups in total. The van der Waals surface area contributed by atoms with Gasteiger partial charge in [0.15, 0.2) is 5.25 Å². The number of fused-ring (bicyclic) bond motifs is 1. The van der Waals surface area contributed by atoms with Gasteiger partial charge in [0.2, 0.25) is 10.0 Å². The molecule has 0 bridgehead atoms. The summed E-state index contributed by atoms with van der Waals surface area (Å²) in [6.07, 6.45) is 2.12. The van der Waals surface area contributed by atoms with E-state index in [1.54, 1.807) is 0 Å². The molecule has 2 atom stereocenters. The minimum Gasteiger partial charge on any atom is -0.480 e. The maximum atomic E-state index is 11.9. The lowest BCUT2D eigenvalue weighted by molar-refractivity contribution is -0.136. The van der Waals surface area contributed by atoms with E-state index in [0.717, 1.165) is 12.0 Å². The lowest BCUT2D eigenvalue weighted by Crippen LogP contribution is -2.45. The van der Waals surface area contributed by atoms with Gasteiger partial charge in [0.1, 0.15) is 0 Å². The highest BCUT2D eigenvalue weighted by molar-refractivity contribution is 7.90. The van der Waals surface area contributed by atoms with Crippen LogP contribution in [0.3, 0.4) is 0 Å². The number of sulfonamides is 1. The summed E-state index contributed by atoms with van der Waals surface area (Å²) in [5.74, 6) is -1.33. The Kier molecular flexibility index (Phi) is 3.91.